The molecule has 0 bridgehead atoms. The average Bonchev–Trinajstić information content (AvgIpc) is 2.94. The van der Waals surface area contributed by atoms with Gasteiger partial charge in [0.2, 0.25) is 0 Å². The molecule has 0 heterocycles. The van der Waals surface area contributed by atoms with Gasteiger partial charge in [-0.15, -0.1) is 0 Å². The van der Waals surface area contributed by atoms with Crippen LogP contribution in [0.3, 0.4) is 0 Å². The summed E-state index contributed by atoms with van der Waals surface area (Å²) in [7, 11) is 0. The monoisotopic (exact) mass is 537 g/mol. The van der Waals surface area contributed by atoms with Gasteiger partial charge in [-0.2, -0.15) is 0 Å². The van der Waals surface area contributed by atoms with E-state index in [1.807, 2.05) is 24.3 Å². The van der Waals surface area contributed by atoms with Crippen molar-refractivity contribution in [1.82, 2.24) is 5.32 Å². The third-order valence-corrected chi connectivity index (χ3v) is 7.25. The Bertz CT molecular complexity index is 1460. The first-order valence-electron chi connectivity index (χ1n) is 13.7. The summed E-state index contributed by atoms with van der Waals surface area (Å²) in [6.45, 7) is 6.35. The Hall–Kier alpha value is -4.32. The van der Waals surface area contributed by atoms with Crippen molar-refractivity contribution in [3.05, 3.63) is 112 Å². The highest BCUT2D eigenvalue weighted by atomic mass is 16.4. The normalized spacial score (nSPS) is 13.3. The molecule has 0 fully saturated rings. The number of carboxylic acids is 1. The predicted molar refractivity (Wildman–Crippen MR) is 156 cm³/mol. The zero-order valence-corrected chi connectivity index (χ0v) is 23.3. The number of carbonyl (C=O) groups is 4. The molecule has 6 heteroatoms. The van der Waals surface area contributed by atoms with E-state index in [2.05, 4.69) is 32.2 Å². The van der Waals surface area contributed by atoms with Crippen molar-refractivity contribution in [2.24, 2.45) is 0 Å². The molecular formula is C34H35NO5. The van der Waals surface area contributed by atoms with Crippen molar-refractivity contribution < 1.29 is 24.3 Å². The third kappa shape index (κ3) is 7.00. The first-order chi connectivity index (χ1) is 19.0. The molecule has 206 valence electrons. The summed E-state index contributed by atoms with van der Waals surface area (Å²) in [6.07, 6.45) is 5.44. The largest absolute Gasteiger partial charge is 0.481 e. The fraction of sp³-hybridized carbons (Fsp3) is 0.294. The zero-order valence-electron chi connectivity index (χ0n) is 23.3. The minimum Gasteiger partial charge on any atom is -0.481 e. The Morgan fingerprint density at radius 2 is 1.35 bits per heavy atom. The van der Waals surface area contributed by atoms with Gasteiger partial charge in [-0.3, -0.25) is 19.2 Å². The highest BCUT2D eigenvalue weighted by Crippen LogP contribution is 2.28. The van der Waals surface area contributed by atoms with Crippen LogP contribution in [0.15, 0.2) is 72.8 Å². The van der Waals surface area contributed by atoms with Gasteiger partial charge in [-0.25, -0.2) is 0 Å². The van der Waals surface area contributed by atoms with Gasteiger partial charge in [0, 0.05) is 28.8 Å². The number of hydrogen-bond donors (Lipinski definition) is 2. The summed E-state index contributed by atoms with van der Waals surface area (Å²) >= 11 is 0. The standard InChI is InChI=1S/C34H35NO5/c1-34(2,3)28-16-14-23(15-17-28)30(36)21-29(27-13-8-22-6-4-5-7-26(22)20-27)32(39)24-9-11-25(12-10-24)33(40)35-19-18-31(37)38/h8-17,20-21H,4-7,18-19H2,1-3H3,(H,35,40)(H,37,38)/b29-21-. The molecule has 0 unspecified atom stereocenters. The highest BCUT2D eigenvalue weighted by Gasteiger charge is 2.20. The van der Waals surface area contributed by atoms with E-state index in [-0.39, 0.29) is 29.9 Å². The van der Waals surface area contributed by atoms with Gasteiger partial charge in [0.05, 0.1) is 6.42 Å². The van der Waals surface area contributed by atoms with Crippen LogP contribution in [0.25, 0.3) is 5.57 Å². The van der Waals surface area contributed by atoms with Gasteiger partial charge in [0.1, 0.15) is 0 Å². The summed E-state index contributed by atoms with van der Waals surface area (Å²) in [5.41, 5.74) is 5.73. The van der Waals surface area contributed by atoms with Crippen molar-refractivity contribution >= 4 is 29.0 Å². The number of carboxylic acid groups (broad SMARTS) is 1. The fourth-order valence-corrected chi connectivity index (χ4v) is 4.84. The van der Waals surface area contributed by atoms with Gasteiger partial charge >= 0.3 is 5.97 Å². The smallest absolute Gasteiger partial charge is 0.305 e. The molecular weight excluding hydrogens is 502 g/mol. The number of fused-ring (bicyclic) bond motifs is 1. The molecule has 0 atom stereocenters. The Labute approximate surface area is 235 Å². The second-order valence-corrected chi connectivity index (χ2v) is 11.2. The van der Waals surface area contributed by atoms with Crippen LogP contribution < -0.4 is 5.32 Å². The second-order valence-electron chi connectivity index (χ2n) is 11.2. The van der Waals surface area contributed by atoms with Crippen molar-refractivity contribution in [2.75, 3.05) is 6.54 Å². The van der Waals surface area contributed by atoms with Crippen LogP contribution in [0.2, 0.25) is 0 Å². The van der Waals surface area contributed by atoms with E-state index in [1.54, 1.807) is 24.3 Å². The summed E-state index contributed by atoms with van der Waals surface area (Å²) in [6, 6.07) is 19.7. The maximum atomic E-state index is 13.8. The molecule has 3 aromatic rings. The van der Waals surface area contributed by atoms with Crippen LogP contribution >= 0.6 is 0 Å². The Balaban J connectivity index is 1.65. The van der Waals surface area contributed by atoms with Gasteiger partial charge in [0.15, 0.2) is 11.6 Å². The quantitative estimate of drug-likeness (QED) is 0.249. The van der Waals surface area contributed by atoms with Gasteiger partial charge < -0.3 is 10.4 Å². The lowest BCUT2D eigenvalue weighted by Gasteiger charge is -2.19. The van der Waals surface area contributed by atoms with Crippen LogP contribution in [0.5, 0.6) is 0 Å². The summed E-state index contributed by atoms with van der Waals surface area (Å²) in [5.74, 6) is -1.98. The Kier molecular flexibility index (Phi) is 8.78. The van der Waals surface area contributed by atoms with Crippen LogP contribution in [0, 0.1) is 0 Å². The third-order valence-electron chi connectivity index (χ3n) is 7.25. The van der Waals surface area contributed by atoms with Crippen molar-refractivity contribution in [1.29, 1.82) is 0 Å². The van der Waals surface area contributed by atoms with E-state index >= 15 is 0 Å². The maximum absolute atomic E-state index is 13.8. The lowest BCUT2D eigenvalue weighted by Crippen LogP contribution is -2.26. The zero-order chi connectivity index (χ0) is 28.9. The number of amides is 1. The molecule has 0 aromatic heterocycles. The number of ketones is 2. The molecule has 0 spiro atoms. The summed E-state index contributed by atoms with van der Waals surface area (Å²) in [4.78, 5) is 50.2. The van der Waals surface area contributed by atoms with Gasteiger partial charge in [-0.1, -0.05) is 75.4 Å². The fourth-order valence-electron chi connectivity index (χ4n) is 4.84. The number of nitrogens with one attached hydrogen (secondary N) is 1. The SMILES string of the molecule is CC(C)(C)c1ccc(C(=O)/C=C(\C(=O)c2ccc(C(=O)NCCC(=O)O)cc2)c2ccc3c(c2)CCCC3)cc1. The van der Waals surface area contributed by atoms with Crippen LogP contribution in [0.4, 0.5) is 0 Å². The van der Waals surface area contributed by atoms with Crippen molar-refractivity contribution in [3.8, 4) is 0 Å². The van der Waals surface area contributed by atoms with E-state index in [1.165, 1.54) is 29.3 Å². The van der Waals surface area contributed by atoms with E-state index in [0.717, 1.165) is 31.2 Å². The number of carbonyl (C=O) groups excluding carboxylic acids is 3. The van der Waals surface area contributed by atoms with Gasteiger partial charge in [0.25, 0.3) is 5.91 Å². The van der Waals surface area contributed by atoms with Gasteiger partial charge in [-0.05, 0) is 71.6 Å². The maximum Gasteiger partial charge on any atom is 0.305 e. The number of rotatable bonds is 9. The number of hydrogen-bond acceptors (Lipinski definition) is 4. The lowest BCUT2D eigenvalue weighted by atomic mass is 9.86. The molecule has 0 radical (unpaired) electrons. The topological polar surface area (TPSA) is 101 Å². The molecule has 0 aliphatic heterocycles. The minimum absolute atomic E-state index is 0.0128. The minimum atomic E-state index is -0.998. The van der Waals surface area contributed by atoms with Crippen molar-refractivity contribution in [3.63, 3.8) is 0 Å². The molecule has 6 nitrogen and oxygen atoms in total. The van der Waals surface area contributed by atoms with E-state index in [4.69, 9.17) is 5.11 Å². The molecule has 4 rings (SSSR count). The van der Waals surface area contributed by atoms with E-state index in [9.17, 15) is 19.2 Å². The first kappa shape index (κ1) is 28.7. The number of aryl methyl sites for hydroxylation is 2. The molecule has 2 N–H and O–H groups in total. The van der Waals surface area contributed by atoms with Crippen molar-refractivity contribution in [2.45, 2.75) is 58.3 Å². The molecule has 1 aliphatic rings. The average molecular weight is 538 g/mol. The predicted octanol–water partition coefficient (Wildman–Crippen LogP) is 6.22. The van der Waals surface area contributed by atoms with E-state index < -0.39 is 11.9 Å². The molecule has 1 aliphatic carbocycles. The Morgan fingerprint density at radius 3 is 1.98 bits per heavy atom. The highest BCUT2D eigenvalue weighted by molar-refractivity contribution is 6.32. The number of aliphatic carboxylic acids is 1. The lowest BCUT2D eigenvalue weighted by molar-refractivity contribution is -0.136. The molecule has 3 aromatic carbocycles. The molecule has 40 heavy (non-hydrogen) atoms. The van der Waals surface area contributed by atoms with E-state index in [0.29, 0.717) is 27.8 Å². The number of Topliss-reactive ketones (excluding diaryl/α,β-unsaturated/α-hetero) is 1. The van der Waals surface area contributed by atoms with Crippen LogP contribution in [-0.4, -0.2) is 35.1 Å². The summed E-state index contributed by atoms with van der Waals surface area (Å²) in [5, 5.41) is 11.3. The number of benzene rings is 3. The number of allylic oxidation sites excluding steroid dienone is 2. The first-order valence-corrected chi connectivity index (χ1v) is 13.7. The van der Waals surface area contributed by atoms with Crippen LogP contribution in [0.1, 0.15) is 93.4 Å². The summed E-state index contributed by atoms with van der Waals surface area (Å²) < 4.78 is 0. The second kappa shape index (κ2) is 12.2. The molecule has 1 amide bonds. The Morgan fingerprint density at radius 1 is 0.775 bits per heavy atom. The van der Waals surface area contributed by atoms with Crippen LogP contribution in [-0.2, 0) is 23.1 Å². The molecule has 0 saturated carbocycles. The molecule has 0 saturated heterocycles.